The van der Waals surface area contributed by atoms with Crippen molar-refractivity contribution in [2.24, 2.45) is 0 Å². The maximum Gasteiger partial charge on any atom is 0.314 e. The Morgan fingerprint density at radius 2 is 1.75 bits per heavy atom. The van der Waals surface area contributed by atoms with Gasteiger partial charge in [0.05, 0.1) is 10.8 Å². The molecule has 2 aromatic carbocycles. The molecule has 2 saturated carbocycles. The fourth-order valence-corrected chi connectivity index (χ4v) is 4.91. The van der Waals surface area contributed by atoms with E-state index in [1.165, 1.54) is 0 Å². The summed E-state index contributed by atoms with van der Waals surface area (Å²) in [5.74, 6) is -1.07. The summed E-state index contributed by atoms with van der Waals surface area (Å²) >= 11 is 0. The Kier molecular flexibility index (Phi) is 5.03. The molecule has 0 saturated heterocycles. The summed E-state index contributed by atoms with van der Waals surface area (Å²) in [6.07, 6.45) is 6.42. The largest absolute Gasteiger partial charge is 0.481 e. The monoisotopic (exact) mass is 479 g/mol. The standard InChI is InChI=1S/C29H25N3O4/c1-31(21-10-11-21)27(34)24-17-32(26-23(25(24)33)9-4-14-30-26)22-8-3-6-19(16-22)18-5-2-7-20(15-18)29(12-13-29)28(35)36/h2-9,14-17,21H,10-13H2,1H3,(H,35,36). The van der Waals surface area contributed by atoms with Crippen LogP contribution in [0.1, 0.15) is 41.6 Å². The van der Waals surface area contributed by atoms with Gasteiger partial charge < -0.3 is 14.6 Å². The second kappa shape index (κ2) is 8.16. The average Bonchev–Trinajstić information content (AvgIpc) is 3.82. The van der Waals surface area contributed by atoms with Gasteiger partial charge in [0.15, 0.2) is 0 Å². The lowest BCUT2D eigenvalue weighted by molar-refractivity contribution is -0.140. The minimum absolute atomic E-state index is 0.120. The molecule has 2 fully saturated rings. The Labute approximate surface area is 207 Å². The molecule has 36 heavy (non-hydrogen) atoms. The molecule has 7 nitrogen and oxygen atoms in total. The normalized spacial score (nSPS) is 16.0. The summed E-state index contributed by atoms with van der Waals surface area (Å²) in [6, 6.07) is 19.0. The molecule has 0 bridgehead atoms. The van der Waals surface area contributed by atoms with Crippen molar-refractivity contribution in [2.75, 3.05) is 7.05 Å². The van der Waals surface area contributed by atoms with Gasteiger partial charge in [0, 0.05) is 31.2 Å². The van der Waals surface area contributed by atoms with E-state index < -0.39 is 11.4 Å². The zero-order valence-corrected chi connectivity index (χ0v) is 19.8. The second-order valence-corrected chi connectivity index (χ2v) is 9.78. The highest BCUT2D eigenvalue weighted by Crippen LogP contribution is 2.49. The second-order valence-electron chi connectivity index (χ2n) is 9.78. The average molecular weight is 480 g/mol. The van der Waals surface area contributed by atoms with Crippen LogP contribution in [0, 0.1) is 0 Å². The Morgan fingerprint density at radius 3 is 2.44 bits per heavy atom. The van der Waals surface area contributed by atoms with E-state index in [-0.39, 0.29) is 22.9 Å². The summed E-state index contributed by atoms with van der Waals surface area (Å²) in [4.78, 5) is 44.4. The van der Waals surface area contributed by atoms with Gasteiger partial charge in [-0.2, -0.15) is 0 Å². The first kappa shape index (κ1) is 22.2. The lowest BCUT2D eigenvalue weighted by Gasteiger charge is -2.18. The van der Waals surface area contributed by atoms with Crippen molar-refractivity contribution in [1.82, 2.24) is 14.5 Å². The molecule has 0 unspecified atom stereocenters. The van der Waals surface area contributed by atoms with Gasteiger partial charge in [0.2, 0.25) is 5.43 Å². The first-order valence-electron chi connectivity index (χ1n) is 12.1. The van der Waals surface area contributed by atoms with Crippen molar-refractivity contribution in [2.45, 2.75) is 37.1 Å². The third-order valence-electron chi connectivity index (χ3n) is 7.44. The first-order chi connectivity index (χ1) is 17.4. The minimum atomic E-state index is -0.785. The topological polar surface area (TPSA) is 92.5 Å². The highest BCUT2D eigenvalue weighted by Gasteiger charge is 2.51. The van der Waals surface area contributed by atoms with E-state index in [0.717, 1.165) is 35.2 Å². The van der Waals surface area contributed by atoms with E-state index >= 15 is 0 Å². The maximum absolute atomic E-state index is 13.2. The molecule has 0 spiro atoms. The molecule has 180 valence electrons. The van der Waals surface area contributed by atoms with Crippen molar-refractivity contribution >= 4 is 22.9 Å². The maximum atomic E-state index is 13.2. The number of carbonyl (C=O) groups is 2. The number of carbonyl (C=O) groups excluding carboxylic acids is 1. The zero-order chi connectivity index (χ0) is 25.0. The molecule has 2 heterocycles. The fraction of sp³-hybridized carbons (Fsp3) is 0.241. The summed E-state index contributed by atoms with van der Waals surface area (Å²) in [7, 11) is 1.74. The third kappa shape index (κ3) is 3.59. The lowest BCUT2D eigenvalue weighted by atomic mass is 9.92. The molecule has 0 aliphatic heterocycles. The zero-order valence-electron chi connectivity index (χ0n) is 19.8. The van der Waals surface area contributed by atoms with Crippen LogP contribution >= 0.6 is 0 Å². The number of carboxylic acids is 1. The number of benzene rings is 2. The van der Waals surface area contributed by atoms with E-state index in [1.807, 2.05) is 48.5 Å². The number of nitrogens with zero attached hydrogens (tertiary/aromatic N) is 3. The highest BCUT2D eigenvalue weighted by molar-refractivity contribution is 5.97. The molecule has 2 aliphatic rings. The van der Waals surface area contributed by atoms with Crippen molar-refractivity contribution in [3.8, 4) is 16.8 Å². The molecule has 2 aromatic heterocycles. The highest BCUT2D eigenvalue weighted by atomic mass is 16.4. The van der Waals surface area contributed by atoms with E-state index in [9.17, 15) is 19.5 Å². The SMILES string of the molecule is CN(C(=O)c1cn(-c2cccc(-c3cccc(C4(C(=O)O)CC4)c3)c2)c2ncccc2c1=O)C1CC1. The molecule has 6 rings (SSSR count). The van der Waals surface area contributed by atoms with Gasteiger partial charge in [-0.05, 0) is 66.6 Å². The quantitative estimate of drug-likeness (QED) is 0.442. The Bertz CT molecular complexity index is 1600. The van der Waals surface area contributed by atoms with Crippen molar-refractivity contribution in [3.05, 3.63) is 94.4 Å². The van der Waals surface area contributed by atoms with Gasteiger partial charge in [0.1, 0.15) is 11.2 Å². The number of aliphatic carboxylic acids is 1. The van der Waals surface area contributed by atoms with E-state index in [4.69, 9.17) is 0 Å². The molecule has 0 atom stereocenters. The number of pyridine rings is 2. The Balaban J connectivity index is 1.47. The predicted molar refractivity (Wildman–Crippen MR) is 136 cm³/mol. The molecule has 7 heteroatoms. The van der Waals surface area contributed by atoms with Gasteiger partial charge in [-0.25, -0.2) is 4.98 Å². The van der Waals surface area contributed by atoms with Crippen LogP contribution < -0.4 is 5.43 Å². The molecular formula is C29H25N3O4. The molecule has 4 aromatic rings. The molecular weight excluding hydrogens is 454 g/mol. The Hall–Kier alpha value is -4.26. The van der Waals surface area contributed by atoms with Crippen LogP contribution in [-0.4, -0.2) is 44.5 Å². The molecule has 0 radical (unpaired) electrons. The predicted octanol–water partition coefficient (Wildman–Crippen LogP) is 4.40. The van der Waals surface area contributed by atoms with Crippen molar-refractivity contribution in [1.29, 1.82) is 0 Å². The number of carboxylic acid groups (broad SMARTS) is 1. The molecule has 2 aliphatic carbocycles. The minimum Gasteiger partial charge on any atom is -0.481 e. The first-order valence-corrected chi connectivity index (χ1v) is 12.1. The van der Waals surface area contributed by atoms with Gasteiger partial charge in [-0.15, -0.1) is 0 Å². The fourth-order valence-electron chi connectivity index (χ4n) is 4.91. The number of amides is 1. The van der Waals surface area contributed by atoms with Gasteiger partial charge >= 0.3 is 5.97 Å². The third-order valence-corrected chi connectivity index (χ3v) is 7.44. The van der Waals surface area contributed by atoms with Gasteiger partial charge in [-0.1, -0.05) is 36.4 Å². The molecule has 1 amide bonds. The smallest absolute Gasteiger partial charge is 0.314 e. The van der Waals surface area contributed by atoms with Crippen LogP contribution in [-0.2, 0) is 10.2 Å². The van der Waals surface area contributed by atoms with Crippen molar-refractivity contribution < 1.29 is 14.7 Å². The van der Waals surface area contributed by atoms with Crippen LogP contribution in [0.4, 0.5) is 0 Å². The van der Waals surface area contributed by atoms with Crippen LogP contribution in [0.15, 0.2) is 77.9 Å². The summed E-state index contributed by atoms with van der Waals surface area (Å²) < 4.78 is 1.79. The van der Waals surface area contributed by atoms with Crippen molar-refractivity contribution in [3.63, 3.8) is 0 Å². The summed E-state index contributed by atoms with van der Waals surface area (Å²) in [6.45, 7) is 0. The van der Waals surface area contributed by atoms with Crippen LogP contribution in [0.3, 0.4) is 0 Å². The van der Waals surface area contributed by atoms with Crippen LogP contribution in [0.5, 0.6) is 0 Å². The number of hydrogen-bond donors (Lipinski definition) is 1. The van der Waals surface area contributed by atoms with E-state index in [0.29, 0.717) is 23.9 Å². The number of hydrogen-bond acceptors (Lipinski definition) is 4. The van der Waals surface area contributed by atoms with Gasteiger partial charge in [-0.3, -0.25) is 14.4 Å². The van der Waals surface area contributed by atoms with Crippen LogP contribution in [0.2, 0.25) is 0 Å². The van der Waals surface area contributed by atoms with Crippen LogP contribution in [0.25, 0.3) is 27.8 Å². The summed E-state index contributed by atoms with van der Waals surface area (Å²) in [5.41, 5.74) is 2.87. The Morgan fingerprint density at radius 1 is 1.03 bits per heavy atom. The number of fused-ring (bicyclic) bond motifs is 1. The lowest BCUT2D eigenvalue weighted by Crippen LogP contribution is -2.33. The molecule has 1 N–H and O–H groups in total. The van der Waals surface area contributed by atoms with E-state index in [2.05, 4.69) is 4.98 Å². The van der Waals surface area contributed by atoms with Gasteiger partial charge in [0.25, 0.3) is 5.91 Å². The summed E-state index contributed by atoms with van der Waals surface area (Å²) in [5, 5.41) is 10.1. The number of aromatic nitrogens is 2. The number of rotatable bonds is 6. The van der Waals surface area contributed by atoms with E-state index in [1.54, 1.807) is 41.0 Å².